The molecule has 1 aromatic heterocycles. The number of nitrogens with zero attached hydrogens (tertiary/aromatic N) is 4. The number of nitriles is 1. The number of ether oxygens (including phenoxy) is 1. The zero-order valence-corrected chi connectivity index (χ0v) is 18.8. The van der Waals surface area contributed by atoms with E-state index in [0.717, 1.165) is 37.7 Å². The minimum atomic E-state index is -4.29. The van der Waals surface area contributed by atoms with Crippen LogP contribution < -0.4 is 14.9 Å². The third-order valence-corrected chi connectivity index (χ3v) is 5.84. The van der Waals surface area contributed by atoms with Gasteiger partial charge >= 0.3 is 6.18 Å². The lowest BCUT2D eigenvalue weighted by atomic mass is 10.1. The first kappa shape index (κ1) is 23.7. The summed E-state index contributed by atoms with van der Waals surface area (Å²) in [5, 5.41) is 12.6. The summed E-state index contributed by atoms with van der Waals surface area (Å²) < 4.78 is 45.1. The molecule has 0 aliphatic carbocycles. The van der Waals surface area contributed by atoms with Crippen LogP contribution in [0.25, 0.3) is 11.3 Å². The molecule has 11 heteroatoms. The Hall–Kier alpha value is -3.49. The SMILES string of the molecule is N#Cc1cc(-c2ccnc(Nc3ccc(N4CCOCC4)cc3)n2)ccc1NSCC(F)(F)F. The maximum atomic E-state index is 12.4. The second-order valence-corrected chi connectivity index (χ2v) is 8.20. The van der Waals surface area contributed by atoms with E-state index in [-0.39, 0.29) is 5.56 Å². The summed E-state index contributed by atoms with van der Waals surface area (Å²) in [5.41, 5.74) is 3.71. The Kier molecular flexibility index (Phi) is 7.40. The highest BCUT2D eigenvalue weighted by Gasteiger charge is 2.27. The second-order valence-electron chi connectivity index (χ2n) is 7.41. The number of nitrogens with one attached hydrogen (secondary N) is 2. The zero-order valence-electron chi connectivity index (χ0n) is 18.0. The number of hydrogen-bond acceptors (Lipinski definition) is 8. The van der Waals surface area contributed by atoms with Crippen LogP contribution in [-0.4, -0.2) is 48.2 Å². The molecule has 0 unspecified atom stereocenters. The van der Waals surface area contributed by atoms with E-state index in [9.17, 15) is 18.4 Å². The molecule has 1 aliphatic heterocycles. The summed E-state index contributed by atoms with van der Waals surface area (Å²) in [7, 11) is 0. The number of aromatic nitrogens is 2. The second kappa shape index (κ2) is 10.6. The third-order valence-electron chi connectivity index (χ3n) is 5.01. The normalized spacial score (nSPS) is 13.9. The van der Waals surface area contributed by atoms with Crippen molar-refractivity contribution < 1.29 is 17.9 Å². The van der Waals surface area contributed by atoms with Crippen LogP contribution in [0.15, 0.2) is 54.7 Å². The van der Waals surface area contributed by atoms with E-state index in [2.05, 4.69) is 24.9 Å². The first-order chi connectivity index (χ1) is 16.4. The van der Waals surface area contributed by atoms with Gasteiger partial charge in [-0.25, -0.2) is 9.97 Å². The van der Waals surface area contributed by atoms with Crippen LogP contribution in [0.2, 0.25) is 0 Å². The van der Waals surface area contributed by atoms with Crippen molar-refractivity contribution in [2.24, 2.45) is 0 Å². The minimum absolute atomic E-state index is 0.221. The Morgan fingerprint density at radius 1 is 1.09 bits per heavy atom. The summed E-state index contributed by atoms with van der Waals surface area (Å²) in [4.78, 5) is 11.0. The van der Waals surface area contributed by atoms with Gasteiger partial charge in [0.15, 0.2) is 0 Å². The van der Waals surface area contributed by atoms with E-state index >= 15 is 0 Å². The van der Waals surface area contributed by atoms with Gasteiger partial charge < -0.3 is 19.7 Å². The topological polar surface area (TPSA) is 86.1 Å². The molecule has 0 saturated carbocycles. The van der Waals surface area contributed by atoms with Crippen molar-refractivity contribution in [1.82, 2.24) is 9.97 Å². The van der Waals surface area contributed by atoms with Crippen molar-refractivity contribution in [3.8, 4) is 17.3 Å². The fourth-order valence-electron chi connectivity index (χ4n) is 3.37. The van der Waals surface area contributed by atoms with Crippen molar-refractivity contribution in [3.63, 3.8) is 0 Å². The van der Waals surface area contributed by atoms with Crippen LogP contribution in [-0.2, 0) is 4.74 Å². The first-order valence-corrected chi connectivity index (χ1v) is 11.4. The average Bonchev–Trinajstić information content (AvgIpc) is 2.84. The molecule has 1 fully saturated rings. The van der Waals surface area contributed by atoms with Gasteiger partial charge in [-0.3, -0.25) is 0 Å². The van der Waals surface area contributed by atoms with Gasteiger partial charge in [-0.05, 0) is 54.4 Å². The van der Waals surface area contributed by atoms with Crippen LogP contribution >= 0.6 is 11.9 Å². The van der Waals surface area contributed by atoms with E-state index in [1.54, 1.807) is 30.5 Å². The largest absolute Gasteiger partial charge is 0.399 e. The molecule has 34 heavy (non-hydrogen) atoms. The Morgan fingerprint density at radius 2 is 1.85 bits per heavy atom. The Bertz CT molecular complexity index is 1160. The Labute approximate surface area is 199 Å². The molecule has 7 nitrogen and oxygen atoms in total. The van der Waals surface area contributed by atoms with Crippen LogP contribution in [0.1, 0.15) is 5.56 Å². The molecule has 2 aromatic carbocycles. The number of hydrogen-bond donors (Lipinski definition) is 2. The molecule has 1 saturated heterocycles. The molecular weight excluding hydrogens is 465 g/mol. The summed E-state index contributed by atoms with van der Waals surface area (Å²) in [6, 6.07) is 16.5. The maximum absolute atomic E-state index is 12.4. The van der Waals surface area contributed by atoms with Crippen molar-refractivity contribution in [2.75, 3.05) is 47.0 Å². The van der Waals surface area contributed by atoms with Gasteiger partial charge in [-0.15, -0.1) is 0 Å². The lowest BCUT2D eigenvalue weighted by molar-refractivity contribution is -0.105. The fraction of sp³-hybridized carbons (Fsp3) is 0.261. The van der Waals surface area contributed by atoms with Crippen molar-refractivity contribution in [1.29, 1.82) is 5.26 Å². The van der Waals surface area contributed by atoms with Gasteiger partial charge in [-0.1, -0.05) is 6.07 Å². The molecule has 0 radical (unpaired) electrons. The number of halogens is 3. The lowest BCUT2D eigenvalue weighted by Crippen LogP contribution is -2.36. The summed E-state index contributed by atoms with van der Waals surface area (Å²) >= 11 is 0.487. The van der Waals surface area contributed by atoms with Crippen molar-refractivity contribution in [3.05, 3.63) is 60.3 Å². The van der Waals surface area contributed by atoms with E-state index in [0.29, 0.717) is 34.8 Å². The lowest BCUT2D eigenvalue weighted by Gasteiger charge is -2.28. The molecular formula is C23H21F3N6OS. The fourth-order valence-corrected chi connectivity index (χ4v) is 3.94. The molecule has 176 valence electrons. The van der Waals surface area contributed by atoms with Gasteiger partial charge in [0.2, 0.25) is 5.95 Å². The van der Waals surface area contributed by atoms with Gasteiger partial charge in [0.25, 0.3) is 0 Å². The Morgan fingerprint density at radius 3 is 2.56 bits per heavy atom. The first-order valence-electron chi connectivity index (χ1n) is 10.4. The minimum Gasteiger partial charge on any atom is -0.378 e. The summed E-state index contributed by atoms with van der Waals surface area (Å²) in [5.74, 6) is -0.674. The van der Waals surface area contributed by atoms with Gasteiger partial charge in [0.1, 0.15) is 11.8 Å². The van der Waals surface area contributed by atoms with E-state index < -0.39 is 11.9 Å². The average molecular weight is 487 g/mol. The number of anilines is 4. The van der Waals surface area contributed by atoms with Crippen LogP contribution in [0.4, 0.5) is 36.2 Å². The molecule has 4 rings (SSSR count). The van der Waals surface area contributed by atoms with E-state index in [4.69, 9.17) is 4.74 Å². The number of morpholine rings is 1. The molecule has 2 heterocycles. The highest BCUT2D eigenvalue weighted by atomic mass is 32.2. The quantitative estimate of drug-likeness (QED) is 0.440. The summed E-state index contributed by atoms with van der Waals surface area (Å²) in [6.07, 6.45) is -2.69. The third kappa shape index (κ3) is 6.30. The zero-order chi connectivity index (χ0) is 24.0. The molecule has 0 atom stereocenters. The molecule has 3 aromatic rings. The highest BCUT2D eigenvalue weighted by molar-refractivity contribution is 8.00. The number of alkyl halides is 3. The van der Waals surface area contributed by atoms with Gasteiger partial charge in [-0.2, -0.15) is 18.4 Å². The predicted octanol–water partition coefficient (Wildman–Crippen LogP) is 5.22. The summed E-state index contributed by atoms with van der Waals surface area (Å²) in [6.45, 7) is 3.16. The molecule has 2 N–H and O–H groups in total. The Balaban J connectivity index is 1.45. The van der Waals surface area contributed by atoms with Gasteiger partial charge in [0.05, 0.1) is 30.2 Å². The van der Waals surface area contributed by atoms with Gasteiger partial charge in [0, 0.05) is 36.2 Å². The smallest absolute Gasteiger partial charge is 0.378 e. The predicted molar refractivity (Wildman–Crippen MR) is 127 cm³/mol. The molecule has 0 amide bonds. The molecule has 0 bridgehead atoms. The molecule has 0 spiro atoms. The van der Waals surface area contributed by atoms with Crippen molar-refractivity contribution >= 4 is 35.0 Å². The monoisotopic (exact) mass is 486 g/mol. The van der Waals surface area contributed by atoms with Crippen LogP contribution in [0, 0.1) is 11.3 Å². The number of rotatable bonds is 7. The number of benzene rings is 2. The van der Waals surface area contributed by atoms with Crippen LogP contribution in [0.5, 0.6) is 0 Å². The highest BCUT2D eigenvalue weighted by Crippen LogP contribution is 2.28. The molecule has 1 aliphatic rings. The van der Waals surface area contributed by atoms with Crippen molar-refractivity contribution in [2.45, 2.75) is 6.18 Å². The maximum Gasteiger partial charge on any atom is 0.399 e. The van der Waals surface area contributed by atoms with Crippen LogP contribution in [0.3, 0.4) is 0 Å². The standard InChI is InChI=1S/C23H21F3N6OS/c24-23(25,26)15-34-31-21-6-1-16(13-17(21)14-27)20-7-8-28-22(30-20)29-18-2-4-19(5-3-18)32-9-11-33-12-10-32/h1-8,13,31H,9-12,15H2,(H,28,29,30). The van der Waals surface area contributed by atoms with E-state index in [1.165, 1.54) is 0 Å². The van der Waals surface area contributed by atoms with E-state index in [1.807, 2.05) is 30.3 Å².